The summed E-state index contributed by atoms with van der Waals surface area (Å²) < 4.78 is 4.75. The number of carbonyl (C=O) groups is 1. The van der Waals surface area contributed by atoms with E-state index in [1.54, 1.807) is 0 Å². The number of hydrogen-bond donors (Lipinski definition) is 1. The molecule has 2 atom stereocenters. The van der Waals surface area contributed by atoms with Crippen LogP contribution >= 0.6 is 0 Å². The van der Waals surface area contributed by atoms with Gasteiger partial charge in [0.2, 0.25) is 0 Å². The van der Waals surface area contributed by atoms with Gasteiger partial charge in [-0.05, 0) is 6.92 Å². The van der Waals surface area contributed by atoms with Crippen LogP contribution in [0.3, 0.4) is 0 Å². The number of esters is 1. The van der Waals surface area contributed by atoms with Gasteiger partial charge in [0.25, 0.3) is 0 Å². The van der Waals surface area contributed by atoms with Gasteiger partial charge in [0.05, 0.1) is 6.61 Å². The Bertz CT molecular complexity index is 112. The third kappa shape index (κ3) is 4.32. The molecule has 0 bridgehead atoms. The second kappa shape index (κ2) is 4.28. The first-order valence-corrected chi connectivity index (χ1v) is 3.43. The Morgan fingerprint density at radius 1 is 1.60 bits per heavy atom. The summed E-state index contributed by atoms with van der Waals surface area (Å²) in [4.78, 5) is 10.3. The number of rotatable bonds is 3. The van der Waals surface area contributed by atoms with E-state index in [1.165, 1.54) is 6.92 Å². The Labute approximate surface area is 61.5 Å². The zero-order valence-corrected chi connectivity index (χ0v) is 6.76. The van der Waals surface area contributed by atoms with E-state index in [4.69, 9.17) is 10.5 Å². The second-order valence-electron chi connectivity index (χ2n) is 2.64. The normalized spacial score (nSPS) is 16.0. The molecule has 0 fully saturated rings. The van der Waals surface area contributed by atoms with Crippen LogP contribution in [0, 0.1) is 5.92 Å². The summed E-state index contributed by atoms with van der Waals surface area (Å²) >= 11 is 0. The molecule has 0 aliphatic heterocycles. The molecule has 2 unspecified atom stereocenters. The third-order valence-electron chi connectivity index (χ3n) is 1.45. The minimum atomic E-state index is -0.243. The largest absolute Gasteiger partial charge is 0.466 e. The van der Waals surface area contributed by atoms with E-state index < -0.39 is 0 Å². The Hall–Kier alpha value is -0.570. The fourth-order valence-electron chi connectivity index (χ4n) is 0.401. The summed E-state index contributed by atoms with van der Waals surface area (Å²) in [6.45, 7) is 5.67. The van der Waals surface area contributed by atoms with Crippen LogP contribution in [-0.2, 0) is 9.53 Å². The van der Waals surface area contributed by atoms with E-state index in [-0.39, 0.29) is 17.9 Å². The van der Waals surface area contributed by atoms with Crippen LogP contribution < -0.4 is 5.73 Å². The third-order valence-corrected chi connectivity index (χ3v) is 1.45. The lowest BCUT2D eigenvalue weighted by Gasteiger charge is -2.14. The van der Waals surface area contributed by atoms with Crippen molar-refractivity contribution in [1.82, 2.24) is 0 Å². The molecule has 10 heavy (non-hydrogen) atoms. The maximum atomic E-state index is 10.3. The van der Waals surface area contributed by atoms with Crippen LogP contribution in [-0.4, -0.2) is 18.6 Å². The lowest BCUT2D eigenvalue weighted by atomic mass is 10.1. The van der Waals surface area contributed by atoms with Crippen LogP contribution in [0.1, 0.15) is 20.8 Å². The van der Waals surface area contributed by atoms with Gasteiger partial charge in [0.1, 0.15) is 0 Å². The van der Waals surface area contributed by atoms with Crippen molar-refractivity contribution in [3.8, 4) is 0 Å². The van der Waals surface area contributed by atoms with Crippen molar-refractivity contribution < 1.29 is 9.53 Å². The summed E-state index contributed by atoms with van der Waals surface area (Å²) in [6.07, 6.45) is 0. The number of ether oxygens (including phenoxy) is 1. The van der Waals surface area contributed by atoms with E-state index >= 15 is 0 Å². The van der Waals surface area contributed by atoms with Crippen molar-refractivity contribution in [2.75, 3.05) is 6.61 Å². The van der Waals surface area contributed by atoms with Gasteiger partial charge in [0, 0.05) is 18.9 Å². The lowest BCUT2D eigenvalue weighted by Crippen LogP contribution is -2.28. The van der Waals surface area contributed by atoms with Crippen molar-refractivity contribution in [3.63, 3.8) is 0 Å². The van der Waals surface area contributed by atoms with E-state index in [9.17, 15) is 4.79 Å². The standard InChI is InChI=1S/C7H15NO2/c1-5(6(2)8)4-10-7(3)9/h5-6H,4,8H2,1-3H3. The summed E-state index contributed by atoms with van der Waals surface area (Å²) in [5.41, 5.74) is 5.53. The maximum Gasteiger partial charge on any atom is 0.302 e. The molecule has 0 amide bonds. The Kier molecular flexibility index (Phi) is 4.03. The minimum Gasteiger partial charge on any atom is -0.466 e. The average molecular weight is 145 g/mol. The van der Waals surface area contributed by atoms with Crippen LogP contribution in [0.2, 0.25) is 0 Å². The molecule has 0 spiro atoms. The lowest BCUT2D eigenvalue weighted by molar-refractivity contribution is -0.142. The van der Waals surface area contributed by atoms with Gasteiger partial charge in [-0.25, -0.2) is 0 Å². The molecule has 0 saturated heterocycles. The predicted molar refractivity (Wildman–Crippen MR) is 39.4 cm³/mol. The smallest absolute Gasteiger partial charge is 0.302 e. The van der Waals surface area contributed by atoms with Crippen LogP contribution in [0.4, 0.5) is 0 Å². The second-order valence-corrected chi connectivity index (χ2v) is 2.64. The van der Waals surface area contributed by atoms with Crippen LogP contribution in [0.5, 0.6) is 0 Å². The molecule has 3 heteroatoms. The number of hydrogen-bond acceptors (Lipinski definition) is 3. The monoisotopic (exact) mass is 145 g/mol. The molecule has 0 aromatic heterocycles. The summed E-state index contributed by atoms with van der Waals surface area (Å²) in [5, 5.41) is 0. The van der Waals surface area contributed by atoms with Crippen LogP contribution in [0.15, 0.2) is 0 Å². The van der Waals surface area contributed by atoms with Crippen molar-refractivity contribution in [1.29, 1.82) is 0 Å². The molecule has 0 rings (SSSR count). The zero-order valence-electron chi connectivity index (χ0n) is 6.76. The van der Waals surface area contributed by atoms with Gasteiger partial charge in [-0.15, -0.1) is 0 Å². The van der Waals surface area contributed by atoms with Gasteiger partial charge < -0.3 is 10.5 Å². The molecular weight excluding hydrogens is 130 g/mol. The van der Waals surface area contributed by atoms with Gasteiger partial charge in [-0.1, -0.05) is 6.92 Å². The molecule has 0 aliphatic rings. The van der Waals surface area contributed by atoms with Crippen molar-refractivity contribution in [2.45, 2.75) is 26.8 Å². The first kappa shape index (κ1) is 9.43. The van der Waals surface area contributed by atoms with Gasteiger partial charge >= 0.3 is 5.97 Å². The summed E-state index contributed by atoms with van der Waals surface area (Å²) in [5.74, 6) is -0.00333. The highest BCUT2D eigenvalue weighted by atomic mass is 16.5. The van der Waals surface area contributed by atoms with E-state index in [1.807, 2.05) is 13.8 Å². The molecule has 0 aromatic rings. The average Bonchev–Trinajstić information content (AvgIpc) is 1.82. The van der Waals surface area contributed by atoms with Crippen molar-refractivity contribution >= 4 is 5.97 Å². The maximum absolute atomic E-state index is 10.3. The fourth-order valence-corrected chi connectivity index (χ4v) is 0.401. The molecular formula is C7H15NO2. The highest BCUT2D eigenvalue weighted by molar-refractivity contribution is 5.65. The molecule has 3 nitrogen and oxygen atoms in total. The van der Waals surface area contributed by atoms with Gasteiger partial charge in [-0.2, -0.15) is 0 Å². The highest BCUT2D eigenvalue weighted by Gasteiger charge is 2.07. The van der Waals surface area contributed by atoms with E-state index in [2.05, 4.69) is 0 Å². The summed E-state index contributed by atoms with van der Waals surface area (Å²) in [6, 6.07) is 0.0827. The van der Waals surface area contributed by atoms with E-state index in [0.717, 1.165) is 0 Å². The van der Waals surface area contributed by atoms with Crippen molar-refractivity contribution in [3.05, 3.63) is 0 Å². The first-order chi connectivity index (χ1) is 4.54. The van der Waals surface area contributed by atoms with E-state index in [0.29, 0.717) is 6.61 Å². The minimum absolute atomic E-state index is 0.0827. The molecule has 2 N–H and O–H groups in total. The summed E-state index contributed by atoms with van der Waals surface area (Å²) in [7, 11) is 0. The molecule has 0 radical (unpaired) electrons. The first-order valence-electron chi connectivity index (χ1n) is 3.43. The Morgan fingerprint density at radius 3 is 2.40 bits per heavy atom. The molecule has 0 saturated carbocycles. The quantitative estimate of drug-likeness (QED) is 0.589. The van der Waals surface area contributed by atoms with Crippen LogP contribution in [0.25, 0.3) is 0 Å². The molecule has 0 aromatic carbocycles. The zero-order chi connectivity index (χ0) is 8.15. The van der Waals surface area contributed by atoms with Crippen molar-refractivity contribution in [2.24, 2.45) is 11.7 Å². The number of nitrogens with two attached hydrogens (primary N) is 1. The Balaban J connectivity index is 3.39. The Morgan fingerprint density at radius 2 is 2.10 bits per heavy atom. The molecule has 0 aliphatic carbocycles. The SMILES string of the molecule is CC(=O)OCC(C)C(C)N. The predicted octanol–water partition coefficient (Wildman–Crippen LogP) is 0.533. The number of carbonyl (C=O) groups excluding carboxylic acids is 1. The van der Waals surface area contributed by atoms with Gasteiger partial charge in [0.15, 0.2) is 0 Å². The molecule has 0 heterocycles. The van der Waals surface area contributed by atoms with Gasteiger partial charge in [-0.3, -0.25) is 4.79 Å². The molecule has 60 valence electrons. The fraction of sp³-hybridized carbons (Fsp3) is 0.857. The topological polar surface area (TPSA) is 52.3 Å². The highest BCUT2D eigenvalue weighted by Crippen LogP contribution is 1.99.